The number of aryl methyl sites for hydroxylation is 1. The largest absolute Gasteiger partial charge is 0.355 e. The minimum Gasteiger partial charge on any atom is -0.355 e. The van der Waals surface area contributed by atoms with E-state index < -0.39 is 15.4 Å². The van der Waals surface area contributed by atoms with Crippen LogP contribution in [-0.2, 0) is 15.4 Å². The van der Waals surface area contributed by atoms with Gasteiger partial charge < -0.3 is 10.7 Å². The predicted molar refractivity (Wildman–Crippen MR) is 152 cm³/mol. The SMILES string of the molecule is Cc1cc(Nc2ccc(F)cc2)c(C=N)cc1[C@@]12CN(S(=O)(=O)c3cnn(C(C)C)n3)C[C@@H]1[C@H]2c1ccccc1. The van der Waals surface area contributed by atoms with Crippen LogP contribution < -0.4 is 5.32 Å². The molecule has 8 nitrogen and oxygen atoms in total. The van der Waals surface area contributed by atoms with Crippen LogP contribution in [0, 0.1) is 24.1 Å². The highest BCUT2D eigenvalue weighted by molar-refractivity contribution is 7.89. The van der Waals surface area contributed by atoms with Crippen LogP contribution in [0.15, 0.2) is 78.0 Å². The molecule has 0 spiro atoms. The predicted octanol–water partition coefficient (Wildman–Crippen LogP) is 5.40. The molecule has 0 unspecified atom stereocenters. The third-order valence-electron chi connectivity index (χ3n) is 8.24. The van der Waals surface area contributed by atoms with E-state index in [1.54, 1.807) is 16.4 Å². The highest BCUT2D eigenvalue weighted by Gasteiger charge is 2.71. The lowest BCUT2D eigenvalue weighted by atomic mass is 9.86. The van der Waals surface area contributed by atoms with Crippen LogP contribution in [0.1, 0.15) is 48.1 Å². The Kier molecular flexibility index (Phi) is 6.35. The molecule has 0 amide bonds. The molecule has 4 aromatic rings. The zero-order valence-electron chi connectivity index (χ0n) is 22.5. The number of aromatic nitrogens is 3. The summed E-state index contributed by atoms with van der Waals surface area (Å²) in [6, 6.07) is 20.3. The van der Waals surface area contributed by atoms with Crippen molar-refractivity contribution in [3.8, 4) is 0 Å². The van der Waals surface area contributed by atoms with E-state index in [0.29, 0.717) is 24.3 Å². The maximum atomic E-state index is 13.7. The number of benzene rings is 3. The fourth-order valence-corrected chi connectivity index (χ4v) is 7.68. The molecule has 2 fully saturated rings. The van der Waals surface area contributed by atoms with Gasteiger partial charge in [0.1, 0.15) is 5.82 Å². The van der Waals surface area contributed by atoms with E-state index in [-0.39, 0.29) is 28.7 Å². The van der Waals surface area contributed by atoms with Crippen LogP contribution in [0.3, 0.4) is 0 Å². The van der Waals surface area contributed by atoms with Crippen molar-refractivity contribution in [3.05, 3.63) is 101 Å². The van der Waals surface area contributed by atoms with E-state index >= 15 is 0 Å². The number of nitrogens with one attached hydrogen (secondary N) is 2. The van der Waals surface area contributed by atoms with Crippen molar-refractivity contribution in [1.29, 1.82) is 5.41 Å². The number of hydrogen-bond acceptors (Lipinski definition) is 6. The number of anilines is 2. The molecule has 3 aromatic carbocycles. The van der Waals surface area contributed by atoms with Crippen LogP contribution in [0.25, 0.3) is 0 Å². The van der Waals surface area contributed by atoms with E-state index in [0.717, 1.165) is 16.8 Å². The van der Waals surface area contributed by atoms with Crippen LogP contribution in [-0.4, -0.2) is 47.0 Å². The number of nitrogens with zero attached hydrogens (tertiary/aromatic N) is 4. The van der Waals surface area contributed by atoms with Gasteiger partial charge in [0.15, 0.2) is 0 Å². The second-order valence-corrected chi connectivity index (χ2v) is 12.8. The van der Waals surface area contributed by atoms with E-state index in [4.69, 9.17) is 5.41 Å². The average molecular weight is 559 g/mol. The zero-order chi connectivity index (χ0) is 28.2. The van der Waals surface area contributed by atoms with Gasteiger partial charge in [-0.05, 0) is 79.8 Å². The number of fused-ring (bicyclic) bond motifs is 1. The highest BCUT2D eigenvalue weighted by Crippen LogP contribution is 2.70. The third kappa shape index (κ3) is 4.22. The number of hydrogen-bond donors (Lipinski definition) is 2. The quantitative estimate of drug-likeness (QED) is 0.282. The van der Waals surface area contributed by atoms with Crippen molar-refractivity contribution in [3.63, 3.8) is 0 Å². The maximum Gasteiger partial charge on any atom is 0.264 e. The topological polar surface area (TPSA) is 104 Å². The summed E-state index contributed by atoms with van der Waals surface area (Å²) in [6.07, 6.45) is 2.63. The lowest BCUT2D eigenvalue weighted by molar-refractivity contribution is 0.414. The number of rotatable bonds is 8. The van der Waals surface area contributed by atoms with Crippen LogP contribution >= 0.6 is 0 Å². The molecule has 1 aromatic heterocycles. The molecule has 2 N–H and O–H groups in total. The Morgan fingerprint density at radius 2 is 1.85 bits per heavy atom. The van der Waals surface area contributed by atoms with E-state index in [9.17, 15) is 12.8 Å². The average Bonchev–Trinajstić information content (AvgIpc) is 3.28. The first kappa shape index (κ1) is 26.3. The Morgan fingerprint density at radius 1 is 1.12 bits per heavy atom. The first-order valence-electron chi connectivity index (χ1n) is 13.3. The fourth-order valence-electron chi connectivity index (χ4n) is 6.31. The summed E-state index contributed by atoms with van der Waals surface area (Å²) in [7, 11) is -3.84. The summed E-state index contributed by atoms with van der Waals surface area (Å²) in [4.78, 5) is 1.42. The van der Waals surface area contributed by atoms with Crippen molar-refractivity contribution in [2.75, 3.05) is 18.4 Å². The molecule has 1 aliphatic heterocycles. The number of halogens is 1. The van der Waals surface area contributed by atoms with Crippen molar-refractivity contribution in [1.82, 2.24) is 19.3 Å². The molecule has 40 heavy (non-hydrogen) atoms. The van der Waals surface area contributed by atoms with Gasteiger partial charge in [-0.25, -0.2) is 12.8 Å². The summed E-state index contributed by atoms with van der Waals surface area (Å²) in [5.41, 5.74) is 4.92. The lowest BCUT2D eigenvalue weighted by Crippen LogP contribution is -2.35. The summed E-state index contributed by atoms with van der Waals surface area (Å²) in [5.74, 6) is -0.0830. The first-order chi connectivity index (χ1) is 19.1. The molecule has 1 aliphatic carbocycles. The van der Waals surface area contributed by atoms with Crippen molar-refractivity contribution in [2.24, 2.45) is 5.92 Å². The first-order valence-corrected chi connectivity index (χ1v) is 14.7. The molecule has 0 radical (unpaired) electrons. The molecule has 2 heterocycles. The molecular formula is C30H31FN6O2S. The van der Waals surface area contributed by atoms with E-state index in [1.165, 1.54) is 34.9 Å². The Morgan fingerprint density at radius 3 is 2.50 bits per heavy atom. The van der Waals surface area contributed by atoms with Gasteiger partial charge in [-0.15, -0.1) is 5.10 Å². The number of piperidine rings is 1. The van der Waals surface area contributed by atoms with Gasteiger partial charge in [-0.3, -0.25) is 0 Å². The van der Waals surface area contributed by atoms with Gasteiger partial charge in [0, 0.05) is 47.6 Å². The second kappa shape index (κ2) is 9.64. The molecule has 10 heteroatoms. The summed E-state index contributed by atoms with van der Waals surface area (Å²) < 4.78 is 42.3. The zero-order valence-corrected chi connectivity index (χ0v) is 23.4. The van der Waals surface area contributed by atoms with Crippen molar-refractivity contribution < 1.29 is 12.8 Å². The van der Waals surface area contributed by atoms with Gasteiger partial charge in [0.2, 0.25) is 5.03 Å². The Labute approximate surface area is 233 Å². The molecular weight excluding hydrogens is 527 g/mol. The molecule has 3 atom stereocenters. The van der Waals surface area contributed by atoms with E-state index in [2.05, 4.69) is 27.6 Å². The Hall–Kier alpha value is -3.89. The van der Waals surface area contributed by atoms with Gasteiger partial charge in [-0.1, -0.05) is 30.3 Å². The molecule has 1 saturated heterocycles. The van der Waals surface area contributed by atoms with Gasteiger partial charge in [-0.2, -0.15) is 14.2 Å². The second-order valence-electron chi connectivity index (χ2n) is 11.0. The maximum absolute atomic E-state index is 13.7. The third-order valence-corrected chi connectivity index (χ3v) is 9.91. The minimum absolute atomic E-state index is 0.0374. The van der Waals surface area contributed by atoms with Gasteiger partial charge >= 0.3 is 0 Å². The number of sulfonamides is 1. The summed E-state index contributed by atoms with van der Waals surface area (Å²) in [6.45, 7) is 6.53. The molecule has 206 valence electrons. The van der Waals surface area contributed by atoms with Gasteiger partial charge in [0.05, 0.1) is 12.2 Å². The summed E-state index contributed by atoms with van der Waals surface area (Å²) in [5, 5.41) is 19.8. The highest BCUT2D eigenvalue weighted by atomic mass is 32.2. The minimum atomic E-state index is -3.84. The fraction of sp³-hybridized carbons (Fsp3) is 0.300. The normalized spacial score (nSPS) is 22.3. The smallest absolute Gasteiger partial charge is 0.264 e. The Balaban J connectivity index is 1.39. The van der Waals surface area contributed by atoms with Crippen molar-refractivity contribution >= 4 is 27.6 Å². The standard InChI is InChI=1S/C30H31FN6O2S/c1-19(2)37-33-16-28(35-37)40(38,39)36-17-26-29(21-7-5-4-6-8-21)30(26,18-36)25-14-22(15-32)27(13-20(25)3)34-24-11-9-23(31)10-12-24/h4-16,19,26,29,32,34H,17-18H2,1-3H3/t26-,29-,30+/m1/s1. The molecule has 2 aliphatic rings. The van der Waals surface area contributed by atoms with Gasteiger partial charge in [0.25, 0.3) is 10.0 Å². The van der Waals surface area contributed by atoms with Crippen LogP contribution in [0.2, 0.25) is 0 Å². The van der Waals surface area contributed by atoms with Crippen molar-refractivity contribution in [2.45, 2.75) is 43.2 Å². The lowest BCUT2D eigenvalue weighted by Gasteiger charge is -2.25. The molecule has 6 rings (SSSR count). The molecule has 0 bridgehead atoms. The van der Waals surface area contributed by atoms with Crippen LogP contribution in [0.5, 0.6) is 0 Å². The summed E-state index contributed by atoms with van der Waals surface area (Å²) >= 11 is 0. The monoisotopic (exact) mass is 558 g/mol. The molecule has 1 saturated carbocycles. The van der Waals surface area contributed by atoms with E-state index in [1.807, 2.05) is 51.1 Å². The Bertz CT molecular complexity index is 1690. The van der Waals surface area contributed by atoms with Crippen LogP contribution in [0.4, 0.5) is 15.8 Å².